The Morgan fingerprint density at radius 1 is 1.03 bits per heavy atom. The van der Waals surface area contributed by atoms with Crippen LogP contribution in [0.4, 0.5) is 10.1 Å². The molecule has 2 amide bonds. The molecule has 162 valence electrons. The van der Waals surface area contributed by atoms with Gasteiger partial charge < -0.3 is 10.1 Å². The van der Waals surface area contributed by atoms with Crippen LogP contribution in [0.15, 0.2) is 84.0 Å². The minimum atomic E-state index is -1.05. The van der Waals surface area contributed by atoms with Crippen molar-refractivity contribution in [3.05, 3.63) is 101 Å². The highest BCUT2D eigenvalue weighted by Gasteiger charge is 2.47. The van der Waals surface area contributed by atoms with Gasteiger partial charge in [0.15, 0.2) is 0 Å². The molecule has 3 aromatic rings. The number of anilines is 1. The van der Waals surface area contributed by atoms with E-state index in [2.05, 4.69) is 10.4 Å². The molecule has 0 spiro atoms. The van der Waals surface area contributed by atoms with E-state index in [1.165, 1.54) is 36.2 Å². The molecule has 0 fully saturated rings. The van der Waals surface area contributed by atoms with Gasteiger partial charge in [-0.2, -0.15) is 5.01 Å². The van der Waals surface area contributed by atoms with Crippen LogP contribution >= 0.6 is 0 Å². The van der Waals surface area contributed by atoms with Crippen LogP contribution in [-0.2, 0) is 15.3 Å². The molecule has 0 saturated heterocycles. The van der Waals surface area contributed by atoms with Gasteiger partial charge >= 0.3 is 0 Å². The fraction of sp³-hybridized carbons (Fsp3) is 0.160. The van der Waals surface area contributed by atoms with E-state index in [9.17, 15) is 14.0 Å². The predicted molar refractivity (Wildman–Crippen MR) is 119 cm³/mol. The number of ether oxygens (including phenoxy) is 1. The smallest absolute Gasteiger partial charge is 0.255 e. The monoisotopic (exact) mass is 431 g/mol. The number of amides is 2. The van der Waals surface area contributed by atoms with Crippen LogP contribution in [0.3, 0.4) is 0 Å². The second-order valence-electron chi connectivity index (χ2n) is 7.38. The van der Waals surface area contributed by atoms with Crippen molar-refractivity contribution in [1.29, 1.82) is 0 Å². The molecular formula is C25H22FN3O3. The van der Waals surface area contributed by atoms with Crippen molar-refractivity contribution in [2.24, 2.45) is 5.10 Å². The second-order valence-corrected chi connectivity index (χ2v) is 7.38. The van der Waals surface area contributed by atoms with Crippen molar-refractivity contribution in [3.63, 3.8) is 0 Å². The Balaban J connectivity index is 1.62. The lowest BCUT2D eigenvalue weighted by atomic mass is 9.99. The van der Waals surface area contributed by atoms with Crippen LogP contribution in [0.1, 0.15) is 41.8 Å². The van der Waals surface area contributed by atoms with Crippen LogP contribution in [0.5, 0.6) is 0 Å². The second kappa shape index (κ2) is 8.63. The highest BCUT2D eigenvalue weighted by Crippen LogP contribution is 2.39. The molecule has 1 atom stereocenters. The highest BCUT2D eigenvalue weighted by atomic mass is 19.1. The zero-order chi connectivity index (χ0) is 22.7. The Kier molecular flexibility index (Phi) is 5.73. The Morgan fingerprint density at radius 2 is 1.75 bits per heavy atom. The van der Waals surface area contributed by atoms with Crippen LogP contribution in [0.25, 0.3) is 0 Å². The Hall–Kier alpha value is -4.00. The van der Waals surface area contributed by atoms with E-state index in [0.717, 1.165) is 5.56 Å². The summed E-state index contributed by atoms with van der Waals surface area (Å²) in [6.45, 7) is 3.38. The van der Waals surface area contributed by atoms with E-state index in [-0.39, 0.29) is 17.7 Å². The molecule has 0 aliphatic carbocycles. The maximum atomic E-state index is 13.1. The lowest BCUT2D eigenvalue weighted by Gasteiger charge is -2.33. The fourth-order valence-electron chi connectivity index (χ4n) is 3.68. The predicted octanol–water partition coefficient (Wildman–Crippen LogP) is 4.88. The SMILES string of the molecule is CCC1(c2ccccc2)OC(c2cccc(NC(=O)c3ccc(F)cc3)c2)=NN1C(C)=O. The molecule has 0 radical (unpaired) electrons. The molecule has 7 heteroatoms. The third-order valence-electron chi connectivity index (χ3n) is 5.27. The van der Waals surface area contributed by atoms with Crippen LogP contribution in [0, 0.1) is 5.82 Å². The third kappa shape index (κ3) is 3.97. The van der Waals surface area contributed by atoms with Crippen molar-refractivity contribution < 1.29 is 18.7 Å². The average molecular weight is 431 g/mol. The van der Waals surface area contributed by atoms with Crippen molar-refractivity contribution >= 4 is 23.4 Å². The van der Waals surface area contributed by atoms with E-state index >= 15 is 0 Å². The van der Waals surface area contributed by atoms with Crippen molar-refractivity contribution in [3.8, 4) is 0 Å². The number of benzene rings is 3. The molecule has 3 aromatic carbocycles. The molecular weight excluding hydrogens is 409 g/mol. The first-order valence-electron chi connectivity index (χ1n) is 10.2. The summed E-state index contributed by atoms with van der Waals surface area (Å²) in [6, 6.07) is 21.8. The fourth-order valence-corrected chi connectivity index (χ4v) is 3.68. The highest BCUT2D eigenvalue weighted by molar-refractivity contribution is 6.05. The molecule has 32 heavy (non-hydrogen) atoms. The maximum Gasteiger partial charge on any atom is 0.255 e. The summed E-state index contributed by atoms with van der Waals surface area (Å²) in [5.41, 5.74) is 1.24. The lowest BCUT2D eigenvalue weighted by Crippen LogP contribution is -2.43. The van der Waals surface area contributed by atoms with E-state index in [0.29, 0.717) is 23.2 Å². The van der Waals surface area contributed by atoms with E-state index < -0.39 is 11.5 Å². The Labute approximate surface area is 185 Å². The van der Waals surface area contributed by atoms with Gasteiger partial charge in [0.05, 0.1) is 0 Å². The number of nitrogens with zero attached hydrogens (tertiary/aromatic N) is 2. The van der Waals surface area contributed by atoms with E-state index in [4.69, 9.17) is 4.74 Å². The molecule has 6 nitrogen and oxygen atoms in total. The standard InChI is InChI=1S/C25H22FN3O3/c1-3-25(20-9-5-4-6-10-20)29(17(2)30)28-24(32-25)19-8-7-11-22(16-19)27-23(31)18-12-14-21(26)15-13-18/h4-16H,3H2,1-2H3,(H,27,31). The molecule has 0 aromatic heterocycles. The first-order valence-corrected chi connectivity index (χ1v) is 10.2. The van der Waals surface area contributed by atoms with Gasteiger partial charge in [-0.25, -0.2) is 4.39 Å². The average Bonchev–Trinajstić information content (AvgIpc) is 3.22. The largest absolute Gasteiger partial charge is 0.443 e. The number of hydrogen-bond donors (Lipinski definition) is 1. The van der Waals surface area contributed by atoms with Gasteiger partial charge in [-0.05, 0) is 42.5 Å². The number of hydrazone groups is 1. The van der Waals surface area contributed by atoms with Crippen molar-refractivity contribution in [2.75, 3.05) is 5.32 Å². The minimum Gasteiger partial charge on any atom is -0.443 e. The van der Waals surface area contributed by atoms with Gasteiger partial charge in [0.25, 0.3) is 5.91 Å². The van der Waals surface area contributed by atoms with Crippen LogP contribution in [0.2, 0.25) is 0 Å². The van der Waals surface area contributed by atoms with E-state index in [1.54, 1.807) is 24.3 Å². The molecule has 1 unspecified atom stereocenters. The summed E-state index contributed by atoms with van der Waals surface area (Å²) in [5.74, 6) is -0.739. The summed E-state index contributed by atoms with van der Waals surface area (Å²) in [5, 5.41) is 8.62. The zero-order valence-corrected chi connectivity index (χ0v) is 17.7. The Morgan fingerprint density at radius 3 is 2.41 bits per heavy atom. The van der Waals surface area contributed by atoms with Gasteiger partial charge in [0.2, 0.25) is 17.5 Å². The summed E-state index contributed by atoms with van der Waals surface area (Å²) in [4.78, 5) is 24.9. The van der Waals surface area contributed by atoms with Crippen molar-refractivity contribution in [1.82, 2.24) is 5.01 Å². The number of halogens is 1. The zero-order valence-electron chi connectivity index (χ0n) is 17.7. The molecule has 1 aliphatic heterocycles. The molecule has 4 rings (SSSR count). The summed E-state index contributed by atoms with van der Waals surface area (Å²) in [7, 11) is 0. The number of carbonyl (C=O) groups excluding carboxylic acids is 2. The summed E-state index contributed by atoms with van der Waals surface area (Å²) in [6.07, 6.45) is 0.491. The van der Waals surface area contributed by atoms with Gasteiger partial charge in [0.1, 0.15) is 5.82 Å². The molecule has 0 saturated carbocycles. The molecule has 1 aliphatic rings. The van der Waals surface area contributed by atoms with Crippen LogP contribution < -0.4 is 5.32 Å². The van der Waals surface area contributed by atoms with Gasteiger partial charge in [-0.15, -0.1) is 5.10 Å². The molecule has 1 heterocycles. The first kappa shape index (κ1) is 21.2. The lowest BCUT2D eigenvalue weighted by molar-refractivity contribution is -0.149. The van der Waals surface area contributed by atoms with Gasteiger partial charge in [-0.3, -0.25) is 9.59 Å². The normalized spacial score (nSPS) is 17.5. The first-order chi connectivity index (χ1) is 15.4. The number of rotatable bonds is 5. The molecule has 0 bridgehead atoms. The van der Waals surface area contributed by atoms with Crippen molar-refractivity contribution in [2.45, 2.75) is 26.0 Å². The number of nitrogens with one attached hydrogen (secondary N) is 1. The Bertz CT molecular complexity index is 1180. The minimum absolute atomic E-state index is 0.244. The summed E-state index contributed by atoms with van der Waals surface area (Å²) >= 11 is 0. The topological polar surface area (TPSA) is 71.0 Å². The van der Waals surface area contributed by atoms with Gasteiger partial charge in [-0.1, -0.05) is 43.3 Å². The van der Waals surface area contributed by atoms with Gasteiger partial charge in [0, 0.05) is 35.7 Å². The number of carbonyl (C=O) groups is 2. The number of hydrogen-bond acceptors (Lipinski definition) is 4. The summed E-state index contributed by atoms with van der Waals surface area (Å²) < 4.78 is 19.4. The third-order valence-corrected chi connectivity index (χ3v) is 5.27. The maximum absolute atomic E-state index is 13.1. The van der Waals surface area contributed by atoms with E-state index in [1.807, 2.05) is 37.3 Å². The van der Waals surface area contributed by atoms with Crippen LogP contribution in [-0.4, -0.2) is 22.7 Å². The quantitative estimate of drug-likeness (QED) is 0.626. The molecule has 1 N–H and O–H groups in total.